The lowest BCUT2D eigenvalue weighted by atomic mass is 10.1. The molecule has 0 aliphatic rings. The third kappa shape index (κ3) is 7.70. The zero-order valence-electron chi connectivity index (χ0n) is 12.8. The first kappa shape index (κ1) is 17.7. The number of ether oxygens (including phenoxy) is 1. The molecule has 2 atom stereocenters. The lowest BCUT2D eigenvalue weighted by Gasteiger charge is -2.21. The fraction of sp³-hybridized carbons (Fsp3) is 0.857. The summed E-state index contributed by atoms with van der Waals surface area (Å²) in [5.74, 6) is -0.419. The maximum Gasteiger partial charge on any atom is 0.328 e. The first-order valence-electron chi connectivity index (χ1n) is 7.07. The monoisotopic (exact) mass is 272 g/mol. The molecule has 0 aromatic carbocycles. The molecule has 19 heavy (non-hydrogen) atoms. The van der Waals surface area contributed by atoms with Crippen LogP contribution in [0.5, 0.6) is 0 Å². The van der Waals surface area contributed by atoms with Gasteiger partial charge >= 0.3 is 12.0 Å². The Balaban J connectivity index is 4.15. The van der Waals surface area contributed by atoms with Gasteiger partial charge in [-0.15, -0.1) is 0 Å². The van der Waals surface area contributed by atoms with Crippen molar-refractivity contribution in [3.63, 3.8) is 0 Å². The highest BCUT2D eigenvalue weighted by molar-refractivity contribution is 5.83. The Kier molecular flexibility index (Phi) is 9.00. The van der Waals surface area contributed by atoms with E-state index in [1.54, 1.807) is 0 Å². The molecular formula is C14H28N2O3. The van der Waals surface area contributed by atoms with Gasteiger partial charge in [-0.2, -0.15) is 0 Å². The minimum absolute atomic E-state index is 0.00593. The van der Waals surface area contributed by atoms with E-state index in [0.717, 1.165) is 19.3 Å². The minimum Gasteiger partial charge on any atom is -0.467 e. The second-order valence-corrected chi connectivity index (χ2v) is 5.26. The van der Waals surface area contributed by atoms with E-state index in [1.807, 2.05) is 20.8 Å². The molecule has 0 saturated carbocycles. The van der Waals surface area contributed by atoms with Gasteiger partial charge in [0.05, 0.1) is 7.11 Å². The van der Waals surface area contributed by atoms with E-state index in [1.165, 1.54) is 13.5 Å². The van der Waals surface area contributed by atoms with Crippen LogP contribution >= 0.6 is 0 Å². The van der Waals surface area contributed by atoms with E-state index < -0.39 is 12.0 Å². The van der Waals surface area contributed by atoms with Gasteiger partial charge in [-0.3, -0.25) is 0 Å². The van der Waals surface area contributed by atoms with Crippen molar-refractivity contribution in [2.45, 2.75) is 65.5 Å². The Hall–Kier alpha value is -1.26. The van der Waals surface area contributed by atoms with Gasteiger partial charge in [0.1, 0.15) is 6.04 Å². The average Bonchev–Trinajstić information content (AvgIpc) is 2.35. The van der Waals surface area contributed by atoms with Gasteiger partial charge in [0.25, 0.3) is 0 Å². The summed E-state index contributed by atoms with van der Waals surface area (Å²) in [6.07, 6.45) is 4.38. The highest BCUT2D eigenvalue weighted by atomic mass is 16.5. The molecule has 0 unspecified atom stereocenters. The van der Waals surface area contributed by atoms with Crippen molar-refractivity contribution in [1.29, 1.82) is 0 Å². The van der Waals surface area contributed by atoms with Gasteiger partial charge < -0.3 is 15.4 Å². The molecule has 0 aliphatic heterocycles. The Bertz CT molecular complexity index is 280. The molecule has 5 heteroatoms. The van der Waals surface area contributed by atoms with Gasteiger partial charge in [-0.05, 0) is 19.3 Å². The van der Waals surface area contributed by atoms with Crippen LogP contribution in [0.4, 0.5) is 4.79 Å². The summed E-state index contributed by atoms with van der Waals surface area (Å²) in [6, 6.07) is -0.807. The number of hydrogen-bond donors (Lipinski definition) is 2. The number of urea groups is 1. The molecule has 5 nitrogen and oxygen atoms in total. The normalized spacial score (nSPS) is 13.8. The van der Waals surface area contributed by atoms with Crippen LogP contribution in [0.2, 0.25) is 0 Å². The third-order valence-electron chi connectivity index (χ3n) is 3.03. The smallest absolute Gasteiger partial charge is 0.328 e. The number of carbonyl (C=O) groups is 2. The zero-order valence-corrected chi connectivity index (χ0v) is 12.8. The average molecular weight is 272 g/mol. The molecule has 0 saturated heterocycles. The van der Waals surface area contributed by atoms with Crippen molar-refractivity contribution in [1.82, 2.24) is 10.6 Å². The predicted molar refractivity (Wildman–Crippen MR) is 75.9 cm³/mol. The fourth-order valence-electron chi connectivity index (χ4n) is 1.80. The molecule has 0 rings (SSSR count). The summed E-state index contributed by atoms with van der Waals surface area (Å²) < 4.78 is 4.68. The van der Waals surface area contributed by atoms with Crippen molar-refractivity contribution in [3.05, 3.63) is 0 Å². The number of nitrogens with one attached hydrogen (secondary N) is 2. The molecule has 0 aromatic rings. The summed E-state index contributed by atoms with van der Waals surface area (Å²) in [6.45, 7) is 7.85. The van der Waals surface area contributed by atoms with Crippen molar-refractivity contribution in [2.75, 3.05) is 7.11 Å². The lowest BCUT2D eigenvalue weighted by Crippen LogP contribution is -2.50. The molecule has 0 aromatic heterocycles. The topological polar surface area (TPSA) is 67.4 Å². The molecule has 0 radical (unpaired) electrons. The summed E-state index contributed by atoms with van der Waals surface area (Å²) in [5, 5.41) is 5.51. The number of esters is 1. The van der Waals surface area contributed by atoms with Crippen LogP contribution in [0.15, 0.2) is 0 Å². The Labute approximate surface area is 116 Å². The number of hydrogen-bond acceptors (Lipinski definition) is 3. The number of amides is 2. The SMILES string of the molecule is CCCCC[C@@H](C)NC(=O)N[C@H](C(=O)OC)C(C)C. The summed E-state index contributed by atoms with van der Waals surface area (Å²) in [4.78, 5) is 23.3. The van der Waals surface area contributed by atoms with Crippen LogP contribution in [-0.4, -0.2) is 31.2 Å². The first-order chi connectivity index (χ1) is 8.92. The quantitative estimate of drug-likeness (QED) is 0.527. The fourth-order valence-corrected chi connectivity index (χ4v) is 1.80. The van der Waals surface area contributed by atoms with Crippen molar-refractivity contribution >= 4 is 12.0 Å². The second-order valence-electron chi connectivity index (χ2n) is 5.26. The van der Waals surface area contributed by atoms with Crippen LogP contribution in [0.1, 0.15) is 53.4 Å². The van der Waals surface area contributed by atoms with Crippen LogP contribution in [-0.2, 0) is 9.53 Å². The van der Waals surface area contributed by atoms with Gasteiger partial charge in [0.15, 0.2) is 0 Å². The Morgan fingerprint density at radius 3 is 2.21 bits per heavy atom. The van der Waals surface area contributed by atoms with Gasteiger partial charge in [-0.1, -0.05) is 40.0 Å². The molecule has 112 valence electrons. The molecular weight excluding hydrogens is 244 g/mol. The molecule has 2 amide bonds. The standard InChI is InChI=1S/C14H28N2O3/c1-6-7-8-9-11(4)15-14(18)16-12(10(2)3)13(17)19-5/h10-12H,6-9H2,1-5H3,(H2,15,16,18)/t11-,12+/m1/s1. The summed E-state index contributed by atoms with van der Waals surface area (Å²) in [7, 11) is 1.32. The highest BCUT2D eigenvalue weighted by Crippen LogP contribution is 2.05. The van der Waals surface area contributed by atoms with Crippen LogP contribution < -0.4 is 10.6 Å². The van der Waals surface area contributed by atoms with Gasteiger partial charge in [0.2, 0.25) is 0 Å². The number of rotatable bonds is 8. The van der Waals surface area contributed by atoms with Crippen molar-refractivity contribution in [3.8, 4) is 0 Å². The van der Waals surface area contributed by atoms with E-state index in [9.17, 15) is 9.59 Å². The maximum absolute atomic E-state index is 11.8. The molecule has 0 fully saturated rings. The molecule has 2 N–H and O–H groups in total. The maximum atomic E-state index is 11.8. The third-order valence-corrected chi connectivity index (χ3v) is 3.03. The number of carbonyl (C=O) groups excluding carboxylic acids is 2. The Morgan fingerprint density at radius 2 is 1.74 bits per heavy atom. The summed E-state index contributed by atoms with van der Waals surface area (Å²) in [5.41, 5.74) is 0. The minimum atomic E-state index is -0.604. The van der Waals surface area contributed by atoms with Gasteiger partial charge in [-0.25, -0.2) is 9.59 Å². The zero-order chi connectivity index (χ0) is 14.8. The van der Waals surface area contributed by atoms with Gasteiger partial charge in [0, 0.05) is 6.04 Å². The largest absolute Gasteiger partial charge is 0.467 e. The summed E-state index contributed by atoms with van der Waals surface area (Å²) >= 11 is 0. The van der Waals surface area contributed by atoms with Crippen LogP contribution in [0.3, 0.4) is 0 Å². The van der Waals surface area contributed by atoms with E-state index >= 15 is 0 Å². The molecule has 0 spiro atoms. The second kappa shape index (κ2) is 9.64. The predicted octanol–water partition coefficient (Wildman–Crippen LogP) is 2.45. The van der Waals surface area contributed by atoms with E-state index in [4.69, 9.17) is 0 Å². The molecule has 0 heterocycles. The van der Waals surface area contributed by atoms with E-state index in [-0.39, 0.29) is 18.0 Å². The van der Waals surface area contributed by atoms with Crippen LogP contribution in [0, 0.1) is 5.92 Å². The van der Waals surface area contributed by atoms with E-state index in [0.29, 0.717) is 0 Å². The first-order valence-corrected chi connectivity index (χ1v) is 7.07. The van der Waals surface area contributed by atoms with Crippen molar-refractivity contribution in [2.24, 2.45) is 5.92 Å². The lowest BCUT2D eigenvalue weighted by molar-refractivity contribution is -0.143. The highest BCUT2D eigenvalue weighted by Gasteiger charge is 2.25. The van der Waals surface area contributed by atoms with Crippen molar-refractivity contribution < 1.29 is 14.3 Å². The molecule has 0 bridgehead atoms. The number of methoxy groups -OCH3 is 1. The number of unbranched alkanes of at least 4 members (excludes halogenated alkanes) is 2. The van der Waals surface area contributed by atoms with Crippen LogP contribution in [0.25, 0.3) is 0 Å². The Morgan fingerprint density at radius 1 is 1.11 bits per heavy atom. The van der Waals surface area contributed by atoms with E-state index in [2.05, 4.69) is 22.3 Å². The molecule has 0 aliphatic carbocycles.